The van der Waals surface area contributed by atoms with Crippen molar-refractivity contribution in [1.82, 2.24) is 9.88 Å². The van der Waals surface area contributed by atoms with Gasteiger partial charge >= 0.3 is 0 Å². The Morgan fingerprint density at radius 1 is 1.28 bits per heavy atom. The number of methoxy groups -OCH3 is 1. The second kappa shape index (κ2) is 6.48. The van der Waals surface area contributed by atoms with Crippen molar-refractivity contribution in [3.63, 3.8) is 0 Å². The summed E-state index contributed by atoms with van der Waals surface area (Å²) < 4.78 is 5.17. The summed E-state index contributed by atoms with van der Waals surface area (Å²) in [4.78, 5) is 33.0. The van der Waals surface area contributed by atoms with Gasteiger partial charge in [0.1, 0.15) is 18.0 Å². The predicted octanol–water partition coefficient (Wildman–Crippen LogP) is 2.73. The summed E-state index contributed by atoms with van der Waals surface area (Å²) >= 11 is 1.43. The van der Waals surface area contributed by atoms with Crippen LogP contribution in [0.2, 0.25) is 0 Å². The lowest BCUT2D eigenvalue weighted by atomic mass is 9.97. The Morgan fingerprint density at radius 2 is 1.96 bits per heavy atom. The Labute approximate surface area is 151 Å². The van der Waals surface area contributed by atoms with E-state index >= 15 is 0 Å². The number of hydrogen-bond donors (Lipinski definition) is 0. The molecule has 0 aliphatic carbocycles. The third-order valence-electron chi connectivity index (χ3n) is 4.21. The quantitative estimate of drug-likeness (QED) is 0.845. The van der Waals surface area contributed by atoms with Gasteiger partial charge in [0.05, 0.1) is 17.7 Å². The first-order valence-electron chi connectivity index (χ1n) is 8.00. The van der Waals surface area contributed by atoms with Gasteiger partial charge in [-0.05, 0) is 45.0 Å². The molecule has 3 rings (SSSR count). The summed E-state index contributed by atoms with van der Waals surface area (Å²) in [6, 6.07) is 7.38. The molecule has 2 aromatic rings. The monoisotopic (exact) mass is 359 g/mol. The number of aryl methyl sites for hydroxylation is 1. The maximum absolute atomic E-state index is 12.8. The molecule has 2 heterocycles. The summed E-state index contributed by atoms with van der Waals surface area (Å²) in [6.45, 7) is 6.27. The van der Waals surface area contributed by atoms with E-state index in [-0.39, 0.29) is 18.4 Å². The summed E-state index contributed by atoms with van der Waals surface area (Å²) in [5.41, 5.74) is 0.682. The highest BCUT2D eigenvalue weighted by Crippen LogP contribution is 2.30. The maximum Gasteiger partial charge on any atom is 0.273 e. The summed E-state index contributed by atoms with van der Waals surface area (Å²) in [7, 11) is 1.61. The summed E-state index contributed by atoms with van der Waals surface area (Å²) in [5.74, 6) is 0.434. The van der Waals surface area contributed by atoms with Crippen LogP contribution in [0.25, 0.3) is 0 Å². The highest BCUT2D eigenvalue weighted by Gasteiger charge is 2.41. The van der Waals surface area contributed by atoms with Gasteiger partial charge in [0.2, 0.25) is 5.91 Å². The lowest BCUT2D eigenvalue weighted by Crippen LogP contribution is -2.63. The largest absolute Gasteiger partial charge is 0.497 e. The average molecular weight is 359 g/mol. The number of aromatic nitrogens is 1. The molecular weight excluding hydrogens is 338 g/mol. The molecule has 132 valence electrons. The number of hydrogen-bond acceptors (Lipinski definition) is 5. The highest BCUT2D eigenvalue weighted by molar-refractivity contribution is 7.09. The first-order valence-corrected chi connectivity index (χ1v) is 8.88. The SMILES string of the molecule is COc1ccc(N2C(=O)CN(C(=O)c3csc(C)n3)CC2(C)C)cc1. The molecule has 0 atom stereocenters. The molecule has 1 aliphatic rings. The third kappa shape index (κ3) is 3.37. The van der Waals surface area contributed by atoms with Gasteiger partial charge in [0.15, 0.2) is 0 Å². The summed E-state index contributed by atoms with van der Waals surface area (Å²) in [5, 5.41) is 2.58. The third-order valence-corrected chi connectivity index (χ3v) is 4.99. The van der Waals surface area contributed by atoms with E-state index in [1.54, 1.807) is 22.3 Å². The molecule has 0 N–H and O–H groups in total. The van der Waals surface area contributed by atoms with E-state index in [1.807, 2.05) is 45.0 Å². The Morgan fingerprint density at radius 3 is 2.48 bits per heavy atom. The first-order chi connectivity index (χ1) is 11.8. The van der Waals surface area contributed by atoms with E-state index in [4.69, 9.17) is 4.74 Å². The van der Waals surface area contributed by atoms with E-state index < -0.39 is 5.54 Å². The number of anilines is 1. The van der Waals surface area contributed by atoms with Crippen molar-refractivity contribution in [2.24, 2.45) is 0 Å². The van der Waals surface area contributed by atoms with Gasteiger partial charge < -0.3 is 14.5 Å². The second-order valence-corrected chi connectivity index (χ2v) is 7.71. The van der Waals surface area contributed by atoms with Gasteiger partial charge in [-0.15, -0.1) is 11.3 Å². The van der Waals surface area contributed by atoms with Crippen LogP contribution in [0.15, 0.2) is 29.6 Å². The Balaban J connectivity index is 1.84. The van der Waals surface area contributed by atoms with E-state index in [0.29, 0.717) is 12.2 Å². The molecule has 1 aromatic heterocycles. The lowest BCUT2D eigenvalue weighted by molar-refractivity contribution is -0.122. The number of thiazole rings is 1. The standard InChI is InChI=1S/C18H21N3O3S/c1-12-19-15(10-25-12)17(23)20-9-16(22)21(18(2,3)11-20)13-5-7-14(24-4)8-6-13/h5-8,10H,9,11H2,1-4H3. The minimum absolute atomic E-state index is 0.0465. The molecule has 6 nitrogen and oxygen atoms in total. The molecular formula is C18H21N3O3S. The van der Waals surface area contributed by atoms with E-state index in [9.17, 15) is 9.59 Å². The average Bonchev–Trinajstić information content (AvgIpc) is 2.99. The van der Waals surface area contributed by atoms with Crippen LogP contribution in [0, 0.1) is 6.92 Å². The predicted molar refractivity (Wildman–Crippen MR) is 97.3 cm³/mol. The number of carbonyl (C=O) groups excluding carboxylic acids is 2. The molecule has 0 spiro atoms. The fraction of sp³-hybridized carbons (Fsp3) is 0.389. The Bertz CT molecular complexity index is 798. The van der Waals surface area contributed by atoms with Crippen LogP contribution in [0.5, 0.6) is 5.75 Å². The highest BCUT2D eigenvalue weighted by atomic mass is 32.1. The van der Waals surface area contributed by atoms with Gasteiger partial charge in [-0.2, -0.15) is 0 Å². The van der Waals surface area contributed by atoms with Crippen LogP contribution in [0.4, 0.5) is 5.69 Å². The van der Waals surface area contributed by atoms with Crippen LogP contribution in [-0.2, 0) is 4.79 Å². The molecule has 0 unspecified atom stereocenters. The van der Waals surface area contributed by atoms with E-state index in [2.05, 4.69) is 4.98 Å². The molecule has 1 aliphatic heterocycles. The fourth-order valence-electron chi connectivity index (χ4n) is 3.16. The molecule has 1 fully saturated rings. The van der Waals surface area contributed by atoms with E-state index in [0.717, 1.165) is 16.4 Å². The van der Waals surface area contributed by atoms with Crippen molar-refractivity contribution in [2.75, 3.05) is 25.1 Å². The number of carbonyl (C=O) groups is 2. The lowest BCUT2D eigenvalue weighted by Gasteiger charge is -2.46. The Kier molecular flexibility index (Phi) is 4.51. The maximum atomic E-state index is 12.8. The minimum atomic E-state index is -0.523. The van der Waals surface area contributed by atoms with Crippen LogP contribution < -0.4 is 9.64 Å². The first kappa shape index (κ1) is 17.4. The van der Waals surface area contributed by atoms with Crippen LogP contribution in [-0.4, -0.2) is 47.4 Å². The minimum Gasteiger partial charge on any atom is -0.497 e. The molecule has 0 radical (unpaired) electrons. The zero-order valence-electron chi connectivity index (χ0n) is 14.8. The smallest absolute Gasteiger partial charge is 0.273 e. The van der Waals surface area contributed by atoms with Gasteiger partial charge in [0.25, 0.3) is 5.91 Å². The van der Waals surface area contributed by atoms with Crippen LogP contribution in [0.1, 0.15) is 29.3 Å². The molecule has 0 saturated carbocycles. The van der Waals surface area contributed by atoms with Gasteiger partial charge in [-0.1, -0.05) is 0 Å². The molecule has 1 aromatic carbocycles. The number of nitrogens with zero attached hydrogens (tertiary/aromatic N) is 3. The van der Waals surface area contributed by atoms with Crippen molar-refractivity contribution in [3.8, 4) is 5.75 Å². The van der Waals surface area contributed by atoms with Crippen LogP contribution >= 0.6 is 11.3 Å². The number of benzene rings is 1. The molecule has 0 bridgehead atoms. The fourth-order valence-corrected chi connectivity index (χ4v) is 3.74. The second-order valence-electron chi connectivity index (χ2n) is 6.65. The van der Waals surface area contributed by atoms with Gasteiger partial charge in [0, 0.05) is 17.6 Å². The molecule has 2 amide bonds. The molecule has 25 heavy (non-hydrogen) atoms. The number of piperazine rings is 1. The normalized spacial score (nSPS) is 16.9. The van der Waals surface area contributed by atoms with Crippen molar-refractivity contribution >= 4 is 28.8 Å². The number of rotatable bonds is 3. The van der Waals surface area contributed by atoms with Crippen molar-refractivity contribution in [2.45, 2.75) is 26.3 Å². The zero-order chi connectivity index (χ0) is 18.2. The number of amides is 2. The molecule has 1 saturated heterocycles. The summed E-state index contributed by atoms with van der Waals surface area (Å²) in [6.07, 6.45) is 0. The van der Waals surface area contributed by atoms with Gasteiger partial charge in [-0.3, -0.25) is 9.59 Å². The van der Waals surface area contributed by atoms with E-state index in [1.165, 1.54) is 11.3 Å². The van der Waals surface area contributed by atoms with Crippen molar-refractivity contribution in [1.29, 1.82) is 0 Å². The zero-order valence-corrected chi connectivity index (χ0v) is 15.6. The van der Waals surface area contributed by atoms with Crippen LogP contribution in [0.3, 0.4) is 0 Å². The van der Waals surface area contributed by atoms with Crippen molar-refractivity contribution in [3.05, 3.63) is 40.3 Å². The van der Waals surface area contributed by atoms with Gasteiger partial charge in [-0.25, -0.2) is 4.98 Å². The Hall–Kier alpha value is -2.41. The number of ether oxygens (including phenoxy) is 1. The topological polar surface area (TPSA) is 62.7 Å². The molecule has 7 heteroatoms. The van der Waals surface area contributed by atoms with Crippen molar-refractivity contribution < 1.29 is 14.3 Å².